The van der Waals surface area contributed by atoms with Gasteiger partial charge in [-0.3, -0.25) is 9.36 Å². The number of benzene rings is 2. The van der Waals surface area contributed by atoms with E-state index in [2.05, 4.69) is 35.3 Å². The summed E-state index contributed by atoms with van der Waals surface area (Å²) in [6, 6.07) is 12.7. The number of rotatable bonds is 2. The van der Waals surface area contributed by atoms with E-state index in [1.54, 1.807) is 15.9 Å². The monoisotopic (exact) mass is 404 g/mol. The quantitative estimate of drug-likeness (QED) is 0.415. The number of nitrogens with zero attached hydrogens (tertiary/aromatic N) is 1. The highest BCUT2D eigenvalue weighted by Crippen LogP contribution is 2.44. The molecule has 0 radical (unpaired) electrons. The standard InChI is InChI=1S/C23H20N2OS2/c26-22-20-17-7-3-4-8-19(17)28-21(20)24-23(27)25(22)18-12-11-14(13-9-10-13)15-5-1-2-6-16(15)18/h1-2,5-6,11-13H,3-4,7-10H2,(H,24,27). The average Bonchev–Trinajstić information content (AvgIpc) is 3.48. The molecule has 2 aliphatic rings. The normalized spacial score (nSPS) is 16.6. The van der Waals surface area contributed by atoms with Gasteiger partial charge < -0.3 is 4.98 Å². The molecule has 1 saturated carbocycles. The molecule has 140 valence electrons. The van der Waals surface area contributed by atoms with Crippen molar-refractivity contribution in [3.63, 3.8) is 0 Å². The van der Waals surface area contributed by atoms with Gasteiger partial charge >= 0.3 is 0 Å². The second-order valence-corrected chi connectivity index (χ2v) is 9.47. The van der Waals surface area contributed by atoms with Gasteiger partial charge in [-0.15, -0.1) is 11.3 Å². The molecule has 0 amide bonds. The van der Waals surface area contributed by atoms with Crippen molar-refractivity contribution in [3.05, 3.63) is 67.5 Å². The van der Waals surface area contributed by atoms with Crippen LogP contribution < -0.4 is 5.56 Å². The lowest BCUT2D eigenvalue weighted by Crippen LogP contribution is -2.21. The second-order valence-electron chi connectivity index (χ2n) is 7.98. The maximum absolute atomic E-state index is 13.6. The predicted octanol–water partition coefficient (Wildman–Crippen LogP) is 6.02. The lowest BCUT2D eigenvalue weighted by Gasteiger charge is -2.14. The Morgan fingerprint density at radius 2 is 1.82 bits per heavy atom. The Morgan fingerprint density at radius 3 is 2.64 bits per heavy atom. The van der Waals surface area contributed by atoms with Crippen molar-refractivity contribution < 1.29 is 0 Å². The number of aromatic amines is 1. The molecule has 1 N–H and O–H groups in total. The van der Waals surface area contributed by atoms with Crippen LogP contribution in [0.4, 0.5) is 0 Å². The third kappa shape index (κ3) is 2.39. The van der Waals surface area contributed by atoms with Gasteiger partial charge in [-0.05, 0) is 79.2 Å². The number of H-pyrrole nitrogens is 1. The van der Waals surface area contributed by atoms with Crippen molar-refractivity contribution in [3.8, 4) is 5.69 Å². The number of nitrogens with one attached hydrogen (secondary N) is 1. The molecule has 3 nitrogen and oxygen atoms in total. The second kappa shape index (κ2) is 6.13. The van der Waals surface area contributed by atoms with Crippen molar-refractivity contribution in [2.75, 3.05) is 0 Å². The molecule has 28 heavy (non-hydrogen) atoms. The number of aromatic nitrogens is 2. The van der Waals surface area contributed by atoms with Crippen LogP contribution in [0, 0.1) is 4.77 Å². The van der Waals surface area contributed by atoms with E-state index in [0.717, 1.165) is 40.6 Å². The van der Waals surface area contributed by atoms with Crippen LogP contribution in [-0.2, 0) is 12.8 Å². The van der Waals surface area contributed by atoms with Crippen LogP contribution in [0.5, 0.6) is 0 Å². The first-order chi connectivity index (χ1) is 13.7. The van der Waals surface area contributed by atoms with Crippen LogP contribution in [0.2, 0.25) is 0 Å². The summed E-state index contributed by atoms with van der Waals surface area (Å²) < 4.78 is 2.21. The topological polar surface area (TPSA) is 37.8 Å². The molecule has 5 heteroatoms. The SMILES string of the molecule is O=c1c2c3c(sc2[nH]c(=S)n1-c1ccc(C2CC2)c2ccccc12)CCCC3. The van der Waals surface area contributed by atoms with Gasteiger partial charge in [0.2, 0.25) is 0 Å². The van der Waals surface area contributed by atoms with E-state index in [4.69, 9.17) is 12.2 Å². The summed E-state index contributed by atoms with van der Waals surface area (Å²) in [7, 11) is 0. The molecule has 2 aromatic heterocycles. The fourth-order valence-corrected chi connectivity index (χ4v) is 6.34. The molecule has 0 unspecified atom stereocenters. The zero-order valence-corrected chi connectivity index (χ0v) is 17.1. The Labute approximate surface area is 171 Å². The number of aryl methyl sites for hydroxylation is 2. The molecule has 0 bridgehead atoms. The van der Waals surface area contributed by atoms with Gasteiger partial charge in [-0.25, -0.2) is 0 Å². The summed E-state index contributed by atoms with van der Waals surface area (Å²) in [5.41, 5.74) is 3.57. The summed E-state index contributed by atoms with van der Waals surface area (Å²) in [5.74, 6) is 0.663. The van der Waals surface area contributed by atoms with Gasteiger partial charge in [0.15, 0.2) is 4.77 Å². The zero-order chi connectivity index (χ0) is 18.8. The zero-order valence-electron chi connectivity index (χ0n) is 15.5. The van der Waals surface area contributed by atoms with Crippen LogP contribution in [-0.4, -0.2) is 9.55 Å². The molecule has 0 spiro atoms. The van der Waals surface area contributed by atoms with Gasteiger partial charge in [0.1, 0.15) is 4.83 Å². The van der Waals surface area contributed by atoms with E-state index in [0.29, 0.717) is 10.7 Å². The Kier molecular flexibility index (Phi) is 3.65. The Balaban J connectivity index is 1.69. The fourth-order valence-electron chi connectivity index (χ4n) is 4.71. The van der Waals surface area contributed by atoms with Crippen molar-refractivity contribution in [2.45, 2.75) is 44.4 Å². The molecular formula is C23H20N2OS2. The molecule has 2 aliphatic carbocycles. The van der Waals surface area contributed by atoms with Crippen molar-refractivity contribution in [1.82, 2.24) is 9.55 Å². The third-order valence-corrected chi connectivity index (χ3v) is 7.70. The van der Waals surface area contributed by atoms with Crippen LogP contribution in [0.3, 0.4) is 0 Å². The number of fused-ring (bicyclic) bond motifs is 4. The van der Waals surface area contributed by atoms with Gasteiger partial charge in [0.05, 0.1) is 11.1 Å². The smallest absolute Gasteiger partial charge is 0.267 e. The molecule has 4 aromatic rings. The molecule has 1 fully saturated rings. The summed E-state index contributed by atoms with van der Waals surface area (Å²) in [6.07, 6.45) is 6.96. The lowest BCUT2D eigenvalue weighted by atomic mass is 9.97. The minimum absolute atomic E-state index is 0.0301. The predicted molar refractivity (Wildman–Crippen MR) is 119 cm³/mol. The maximum Gasteiger partial charge on any atom is 0.267 e. The highest BCUT2D eigenvalue weighted by molar-refractivity contribution is 7.71. The highest BCUT2D eigenvalue weighted by atomic mass is 32.1. The summed E-state index contributed by atoms with van der Waals surface area (Å²) in [4.78, 5) is 19.3. The van der Waals surface area contributed by atoms with Gasteiger partial charge in [-0.1, -0.05) is 30.3 Å². The number of thiophene rings is 1. The van der Waals surface area contributed by atoms with Gasteiger partial charge in [-0.2, -0.15) is 0 Å². The fraction of sp³-hybridized carbons (Fsp3) is 0.304. The first-order valence-corrected chi connectivity index (χ1v) is 11.3. The van der Waals surface area contributed by atoms with Crippen LogP contribution >= 0.6 is 23.6 Å². The van der Waals surface area contributed by atoms with E-state index in [1.807, 2.05) is 6.07 Å². The lowest BCUT2D eigenvalue weighted by molar-refractivity contribution is 0.699. The third-order valence-electron chi connectivity index (χ3n) is 6.20. The molecule has 2 heterocycles. The minimum Gasteiger partial charge on any atom is -0.323 e. The van der Waals surface area contributed by atoms with Crippen molar-refractivity contribution in [1.29, 1.82) is 0 Å². The molecule has 0 atom stereocenters. The summed E-state index contributed by atoms with van der Waals surface area (Å²) in [5, 5.41) is 3.21. The van der Waals surface area contributed by atoms with E-state index in [1.165, 1.54) is 40.7 Å². The van der Waals surface area contributed by atoms with Gasteiger partial charge in [0.25, 0.3) is 5.56 Å². The van der Waals surface area contributed by atoms with Crippen molar-refractivity contribution >= 4 is 44.5 Å². The Morgan fingerprint density at radius 1 is 1.04 bits per heavy atom. The van der Waals surface area contributed by atoms with E-state index >= 15 is 0 Å². The average molecular weight is 405 g/mol. The van der Waals surface area contributed by atoms with Crippen molar-refractivity contribution in [2.24, 2.45) is 0 Å². The van der Waals surface area contributed by atoms with Crippen LogP contribution in [0.1, 0.15) is 47.6 Å². The minimum atomic E-state index is 0.0301. The molecule has 6 rings (SSSR count). The van der Waals surface area contributed by atoms with Crippen LogP contribution in [0.25, 0.3) is 26.7 Å². The van der Waals surface area contributed by atoms with Gasteiger partial charge in [0, 0.05) is 10.3 Å². The summed E-state index contributed by atoms with van der Waals surface area (Å²) >= 11 is 7.38. The highest BCUT2D eigenvalue weighted by Gasteiger charge is 2.26. The largest absolute Gasteiger partial charge is 0.323 e. The van der Waals surface area contributed by atoms with E-state index in [9.17, 15) is 4.79 Å². The summed E-state index contributed by atoms with van der Waals surface area (Å²) in [6.45, 7) is 0. The Hall–Kier alpha value is -2.24. The van der Waals surface area contributed by atoms with E-state index < -0.39 is 0 Å². The Bertz CT molecular complexity index is 1370. The molecule has 0 aliphatic heterocycles. The number of hydrogen-bond donors (Lipinski definition) is 1. The molecular weight excluding hydrogens is 384 g/mol. The first-order valence-electron chi connectivity index (χ1n) is 10.0. The molecule has 0 saturated heterocycles. The number of hydrogen-bond acceptors (Lipinski definition) is 3. The maximum atomic E-state index is 13.6. The van der Waals surface area contributed by atoms with Crippen LogP contribution in [0.15, 0.2) is 41.2 Å². The first kappa shape index (κ1) is 16.7. The molecule has 2 aromatic carbocycles. The van der Waals surface area contributed by atoms with E-state index in [-0.39, 0.29) is 5.56 Å².